The molecule has 0 bridgehead atoms. The van der Waals surface area contributed by atoms with Gasteiger partial charge in [-0.15, -0.1) is 16.4 Å². The zero-order valence-corrected chi connectivity index (χ0v) is 12.1. The molecule has 1 saturated carbocycles. The molecular formula is C13H17N5OS. The highest BCUT2D eigenvalue weighted by Gasteiger charge is 2.23. The summed E-state index contributed by atoms with van der Waals surface area (Å²) in [5.74, 6) is 0.668. The van der Waals surface area contributed by atoms with E-state index in [1.54, 1.807) is 0 Å². The van der Waals surface area contributed by atoms with Crippen molar-refractivity contribution in [3.63, 3.8) is 0 Å². The van der Waals surface area contributed by atoms with Crippen LogP contribution in [0.4, 0.5) is 0 Å². The first-order chi connectivity index (χ1) is 9.74. The van der Waals surface area contributed by atoms with Gasteiger partial charge >= 0.3 is 0 Å². The van der Waals surface area contributed by atoms with E-state index < -0.39 is 0 Å². The van der Waals surface area contributed by atoms with Gasteiger partial charge < -0.3 is 5.32 Å². The lowest BCUT2D eigenvalue weighted by atomic mass is 9.87. The number of tetrazole rings is 1. The summed E-state index contributed by atoms with van der Waals surface area (Å²) in [5, 5.41) is 16.1. The maximum atomic E-state index is 12.4. The summed E-state index contributed by atoms with van der Waals surface area (Å²) in [6.45, 7) is 2.25. The van der Waals surface area contributed by atoms with Gasteiger partial charge in [0.1, 0.15) is 11.2 Å². The predicted molar refractivity (Wildman–Crippen MR) is 75.9 cm³/mol. The van der Waals surface area contributed by atoms with E-state index in [4.69, 9.17) is 0 Å². The molecule has 0 spiro atoms. The lowest BCUT2D eigenvalue weighted by Crippen LogP contribution is -2.38. The number of rotatable bonds is 3. The molecule has 1 N–H and O–H groups in total. The van der Waals surface area contributed by atoms with E-state index in [2.05, 4.69) is 27.8 Å². The molecule has 3 rings (SSSR count). The first kappa shape index (κ1) is 13.2. The lowest BCUT2D eigenvalue weighted by molar-refractivity contribution is 0.0925. The molecule has 1 aliphatic carbocycles. The summed E-state index contributed by atoms with van der Waals surface area (Å²) >= 11 is 1.42. The largest absolute Gasteiger partial charge is 0.349 e. The Morgan fingerprint density at radius 1 is 1.50 bits per heavy atom. The molecule has 2 atom stereocenters. The fraction of sp³-hybridized carbons (Fsp3) is 0.538. The molecule has 106 valence electrons. The quantitative estimate of drug-likeness (QED) is 0.939. The molecule has 0 aromatic carbocycles. The highest BCUT2D eigenvalue weighted by molar-refractivity contribution is 7.12. The first-order valence-corrected chi connectivity index (χ1v) is 7.73. The molecule has 0 aliphatic heterocycles. The lowest BCUT2D eigenvalue weighted by Gasteiger charge is -2.27. The second-order valence-electron chi connectivity index (χ2n) is 5.33. The summed E-state index contributed by atoms with van der Waals surface area (Å²) in [7, 11) is 0. The molecule has 1 fully saturated rings. The normalized spacial score (nSPS) is 22.6. The van der Waals surface area contributed by atoms with Gasteiger partial charge in [-0.05, 0) is 40.6 Å². The molecule has 2 unspecified atom stereocenters. The minimum atomic E-state index is -0.0235. The zero-order valence-electron chi connectivity index (χ0n) is 11.3. The molecule has 2 aromatic heterocycles. The van der Waals surface area contributed by atoms with E-state index in [9.17, 15) is 4.79 Å². The summed E-state index contributed by atoms with van der Waals surface area (Å²) in [6, 6.07) is 2.15. The first-order valence-electron chi connectivity index (χ1n) is 6.85. The summed E-state index contributed by atoms with van der Waals surface area (Å²) in [6.07, 6.45) is 6.10. The van der Waals surface area contributed by atoms with Crippen molar-refractivity contribution in [3.05, 3.63) is 22.7 Å². The van der Waals surface area contributed by atoms with Crippen LogP contribution in [0.3, 0.4) is 0 Å². The number of amides is 1. The van der Waals surface area contributed by atoms with Gasteiger partial charge in [-0.1, -0.05) is 19.8 Å². The van der Waals surface area contributed by atoms with E-state index in [0.29, 0.717) is 10.8 Å². The van der Waals surface area contributed by atoms with Crippen LogP contribution in [0.2, 0.25) is 0 Å². The van der Waals surface area contributed by atoms with Crippen molar-refractivity contribution >= 4 is 17.2 Å². The minimum absolute atomic E-state index is 0.0235. The topological polar surface area (TPSA) is 72.7 Å². The van der Waals surface area contributed by atoms with Gasteiger partial charge in [0.05, 0.1) is 5.69 Å². The smallest absolute Gasteiger partial charge is 0.263 e. The Morgan fingerprint density at radius 3 is 3.15 bits per heavy atom. The van der Waals surface area contributed by atoms with E-state index in [-0.39, 0.29) is 11.9 Å². The SMILES string of the molecule is CC1CCCC(NC(=O)c2sccc2-n2cnnn2)C1. The van der Waals surface area contributed by atoms with Crippen molar-refractivity contribution in [3.8, 4) is 5.69 Å². The number of thiophene rings is 1. The molecule has 0 radical (unpaired) electrons. The monoisotopic (exact) mass is 291 g/mol. The Balaban J connectivity index is 1.73. The Bertz CT molecular complexity index is 579. The molecule has 2 heterocycles. The number of nitrogens with zero attached hydrogens (tertiary/aromatic N) is 4. The molecule has 1 amide bonds. The van der Waals surface area contributed by atoms with Crippen molar-refractivity contribution in [1.82, 2.24) is 25.5 Å². The standard InChI is InChI=1S/C13H17N5OS/c1-9-3-2-4-10(7-9)15-13(19)12-11(5-6-20-12)18-8-14-16-17-18/h5-6,8-10H,2-4,7H2,1H3,(H,15,19). The highest BCUT2D eigenvalue weighted by atomic mass is 32.1. The third kappa shape index (κ3) is 2.72. The highest BCUT2D eigenvalue weighted by Crippen LogP contribution is 2.25. The summed E-state index contributed by atoms with van der Waals surface area (Å²) < 4.78 is 1.52. The van der Waals surface area contributed by atoms with E-state index in [0.717, 1.165) is 18.5 Å². The minimum Gasteiger partial charge on any atom is -0.349 e. The van der Waals surface area contributed by atoms with Gasteiger partial charge in [0, 0.05) is 6.04 Å². The third-order valence-electron chi connectivity index (χ3n) is 3.72. The van der Waals surface area contributed by atoms with Gasteiger partial charge in [-0.3, -0.25) is 4.79 Å². The van der Waals surface area contributed by atoms with Gasteiger partial charge in [0.2, 0.25) is 0 Å². The zero-order chi connectivity index (χ0) is 13.9. The van der Waals surface area contributed by atoms with Crippen molar-refractivity contribution in [2.24, 2.45) is 5.92 Å². The Morgan fingerprint density at radius 2 is 2.40 bits per heavy atom. The van der Waals surface area contributed by atoms with Gasteiger partial charge in [0.25, 0.3) is 5.91 Å². The van der Waals surface area contributed by atoms with Gasteiger partial charge in [-0.25, -0.2) is 0 Å². The number of hydrogen-bond acceptors (Lipinski definition) is 5. The molecule has 6 nitrogen and oxygen atoms in total. The van der Waals surface area contributed by atoms with Crippen LogP contribution in [0.1, 0.15) is 42.3 Å². The molecule has 0 saturated heterocycles. The number of aromatic nitrogens is 4. The van der Waals surface area contributed by atoms with E-state index >= 15 is 0 Å². The van der Waals surface area contributed by atoms with Crippen LogP contribution >= 0.6 is 11.3 Å². The number of carbonyl (C=O) groups excluding carboxylic acids is 1. The van der Waals surface area contributed by atoms with Gasteiger partial charge in [0.15, 0.2) is 0 Å². The second-order valence-corrected chi connectivity index (χ2v) is 6.25. The Labute approximate surface area is 121 Å². The number of nitrogens with one attached hydrogen (secondary N) is 1. The Kier molecular flexibility index (Phi) is 3.77. The van der Waals surface area contributed by atoms with E-state index in [1.165, 1.54) is 35.2 Å². The third-order valence-corrected chi connectivity index (χ3v) is 4.62. The molecule has 1 aliphatic rings. The van der Waals surface area contributed by atoms with Crippen LogP contribution < -0.4 is 5.32 Å². The number of carbonyl (C=O) groups is 1. The Hall–Kier alpha value is -1.76. The van der Waals surface area contributed by atoms with Crippen LogP contribution in [0.25, 0.3) is 5.69 Å². The maximum Gasteiger partial charge on any atom is 0.263 e. The van der Waals surface area contributed by atoms with Crippen LogP contribution in [-0.4, -0.2) is 32.2 Å². The molecule has 20 heavy (non-hydrogen) atoms. The van der Waals surface area contributed by atoms with Gasteiger partial charge in [-0.2, -0.15) is 4.68 Å². The maximum absolute atomic E-state index is 12.4. The molecular weight excluding hydrogens is 274 g/mol. The van der Waals surface area contributed by atoms with Crippen LogP contribution in [0.15, 0.2) is 17.8 Å². The van der Waals surface area contributed by atoms with Crippen LogP contribution in [0.5, 0.6) is 0 Å². The van der Waals surface area contributed by atoms with Crippen molar-refractivity contribution < 1.29 is 4.79 Å². The second kappa shape index (κ2) is 5.70. The number of hydrogen-bond donors (Lipinski definition) is 1. The van der Waals surface area contributed by atoms with Crippen molar-refractivity contribution in [1.29, 1.82) is 0 Å². The molecule has 2 aromatic rings. The molecule has 7 heteroatoms. The summed E-state index contributed by atoms with van der Waals surface area (Å²) in [5.41, 5.74) is 0.737. The van der Waals surface area contributed by atoms with Crippen LogP contribution in [0, 0.1) is 5.92 Å². The fourth-order valence-electron chi connectivity index (χ4n) is 2.74. The summed E-state index contributed by atoms with van der Waals surface area (Å²) in [4.78, 5) is 13.1. The van der Waals surface area contributed by atoms with E-state index in [1.807, 2.05) is 11.4 Å². The van der Waals surface area contributed by atoms with Crippen LogP contribution in [-0.2, 0) is 0 Å². The fourth-order valence-corrected chi connectivity index (χ4v) is 3.52. The average molecular weight is 291 g/mol. The van der Waals surface area contributed by atoms with Crippen molar-refractivity contribution in [2.45, 2.75) is 38.6 Å². The predicted octanol–water partition coefficient (Wildman–Crippen LogP) is 2.03. The van der Waals surface area contributed by atoms with Crippen molar-refractivity contribution in [2.75, 3.05) is 0 Å². The average Bonchev–Trinajstić information content (AvgIpc) is 3.09.